The van der Waals surface area contributed by atoms with Gasteiger partial charge in [-0.1, -0.05) is 66.7 Å². The first kappa shape index (κ1) is 18.9. The van der Waals surface area contributed by atoms with Crippen molar-refractivity contribution < 1.29 is 9.59 Å². The maximum atomic E-state index is 13.1. The first-order valence-electron chi connectivity index (χ1n) is 9.51. The summed E-state index contributed by atoms with van der Waals surface area (Å²) in [6.45, 7) is 3.83. The van der Waals surface area contributed by atoms with Gasteiger partial charge in [-0.15, -0.1) is 0 Å². The lowest BCUT2D eigenvalue weighted by Gasteiger charge is -2.30. The van der Waals surface area contributed by atoms with Gasteiger partial charge >= 0.3 is 6.03 Å². The van der Waals surface area contributed by atoms with E-state index in [1.54, 1.807) is 0 Å². The molecule has 0 fully saturated rings. The fourth-order valence-electron chi connectivity index (χ4n) is 3.42. The quantitative estimate of drug-likeness (QED) is 0.799. The van der Waals surface area contributed by atoms with Gasteiger partial charge in [0.1, 0.15) is 0 Å². The molecule has 2 aromatic carbocycles. The van der Waals surface area contributed by atoms with E-state index in [0.29, 0.717) is 0 Å². The molecule has 0 aromatic heterocycles. The fraction of sp³-hybridized carbons (Fsp3) is 0.304. The van der Waals surface area contributed by atoms with Crippen molar-refractivity contribution in [2.24, 2.45) is 0 Å². The van der Waals surface area contributed by atoms with Gasteiger partial charge in [0, 0.05) is 5.57 Å². The number of carbonyl (C=O) groups excluding carboxylic acids is 2. The van der Waals surface area contributed by atoms with Crippen LogP contribution in [0.1, 0.15) is 56.3 Å². The molecule has 0 saturated heterocycles. The molecule has 4 nitrogen and oxygen atoms in total. The standard InChI is InChI=1S/C23H26N2O2/c1-17(19-11-5-3-6-12-19)24-23(27)25(22(26)21-15-9-10-16-21)18(2)20-13-7-4-8-14-20/h3-8,11-15,17-18H,9-10,16H2,1-2H3,(H,24,27)/t17-,18-/m0/s1. The maximum Gasteiger partial charge on any atom is 0.325 e. The molecule has 2 atom stereocenters. The number of imide groups is 1. The van der Waals surface area contributed by atoms with Crippen LogP contribution in [0.2, 0.25) is 0 Å². The summed E-state index contributed by atoms with van der Waals surface area (Å²) in [5.41, 5.74) is 2.68. The summed E-state index contributed by atoms with van der Waals surface area (Å²) in [4.78, 5) is 27.6. The smallest absolute Gasteiger partial charge is 0.325 e. The molecule has 2 aromatic rings. The highest BCUT2D eigenvalue weighted by atomic mass is 16.2. The molecule has 1 aliphatic rings. The van der Waals surface area contributed by atoms with Crippen LogP contribution in [0.25, 0.3) is 0 Å². The average molecular weight is 362 g/mol. The van der Waals surface area contributed by atoms with Gasteiger partial charge in [0.15, 0.2) is 0 Å². The predicted molar refractivity (Wildman–Crippen MR) is 107 cm³/mol. The number of benzene rings is 2. The molecule has 140 valence electrons. The third-order valence-corrected chi connectivity index (χ3v) is 5.06. The number of hydrogen-bond acceptors (Lipinski definition) is 2. The van der Waals surface area contributed by atoms with Gasteiger partial charge in [-0.2, -0.15) is 0 Å². The summed E-state index contributed by atoms with van der Waals surface area (Å²) in [7, 11) is 0. The highest BCUT2D eigenvalue weighted by molar-refractivity contribution is 6.04. The van der Waals surface area contributed by atoms with E-state index in [1.165, 1.54) is 4.90 Å². The maximum absolute atomic E-state index is 13.1. The van der Waals surface area contributed by atoms with Crippen LogP contribution in [-0.2, 0) is 4.79 Å². The molecule has 3 rings (SSSR count). The lowest BCUT2D eigenvalue weighted by Crippen LogP contribution is -2.46. The van der Waals surface area contributed by atoms with Gasteiger partial charge in [-0.3, -0.25) is 9.69 Å². The van der Waals surface area contributed by atoms with Gasteiger partial charge in [0.2, 0.25) is 0 Å². The summed E-state index contributed by atoms with van der Waals surface area (Å²) in [5, 5.41) is 2.99. The Labute approximate surface area is 160 Å². The second-order valence-electron chi connectivity index (χ2n) is 6.97. The molecule has 0 aliphatic heterocycles. The minimum atomic E-state index is -0.361. The number of amides is 3. The summed E-state index contributed by atoms with van der Waals surface area (Å²) in [6, 6.07) is 18.5. The topological polar surface area (TPSA) is 49.4 Å². The van der Waals surface area contributed by atoms with Gasteiger partial charge in [0.25, 0.3) is 5.91 Å². The van der Waals surface area contributed by atoms with Crippen LogP contribution < -0.4 is 5.32 Å². The Hall–Kier alpha value is -2.88. The Balaban J connectivity index is 1.84. The van der Waals surface area contributed by atoms with Crippen LogP contribution in [0.4, 0.5) is 4.79 Å². The van der Waals surface area contributed by atoms with Crippen molar-refractivity contribution in [3.05, 3.63) is 83.4 Å². The molecule has 0 heterocycles. The molecule has 1 N–H and O–H groups in total. The molecular weight excluding hydrogens is 336 g/mol. The van der Waals surface area contributed by atoms with Crippen LogP contribution in [0.15, 0.2) is 72.3 Å². The first-order chi connectivity index (χ1) is 13.1. The zero-order chi connectivity index (χ0) is 19.2. The monoisotopic (exact) mass is 362 g/mol. The summed E-state index contributed by atoms with van der Waals surface area (Å²) < 4.78 is 0. The number of allylic oxidation sites excluding steroid dienone is 1. The van der Waals surface area contributed by atoms with E-state index >= 15 is 0 Å². The minimum absolute atomic E-state index is 0.186. The number of nitrogens with zero attached hydrogens (tertiary/aromatic N) is 1. The Morgan fingerprint density at radius 2 is 1.52 bits per heavy atom. The second-order valence-corrected chi connectivity index (χ2v) is 6.97. The van der Waals surface area contributed by atoms with Gasteiger partial charge in [-0.25, -0.2) is 4.79 Å². The van der Waals surface area contributed by atoms with Crippen LogP contribution >= 0.6 is 0 Å². The summed E-state index contributed by atoms with van der Waals surface area (Å²) in [6.07, 6.45) is 4.56. The predicted octanol–water partition coefficient (Wildman–Crippen LogP) is 5.16. The highest BCUT2D eigenvalue weighted by Crippen LogP contribution is 2.27. The third kappa shape index (κ3) is 4.45. The van der Waals surface area contributed by atoms with Crippen LogP contribution in [0.3, 0.4) is 0 Å². The van der Waals surface area contributed by atoms with Crippen molar-refractivity contribution in [1.82, 2.24) is 10.2 Å². The van der Waals surface area contributed by atoms with Crippen molar-refractivity contribution in [1.29, 1.82) is 0 Å². The normalized spacial score (nSPS) is 15.6. The van der Waals surface area contributed by atoms with Crippen molar-refractivity contribution in [3.63, 3.8) is 0 Å². The van der Waals surface area contributed by atoms with E-state index in [0.717, 1.165) is 36.0 Å². The SMILES string of the molecule is C[C@H](NC(=O)N(C(=O)C1=CCCC1)[C@@H](C)c1ccccc1)c1ccccc1. The van der Waals surface area contributed by atoms with Crippen LogP contribution in [0, 0.1) is 0 Å². The second kappa shape index (κ2) is 8.67. The molecule has 0 unspecified atom stereocenters. The lowest BCUT2D eigenvalue weighted by atomic mass is 10.1. The van der Waals surface area contributed by atoms with Crippen molar-refractivity contribution in [2.45, 2.75) is 45.2 Å². The Morgan fingerprint density at radius 3 is 2.07 bits per heavy atom. The Morgan fingerprint density at radius 1 is 0.926 bits per heavy atom. The number of hydrogen-bond donors (Lipinski definition) is 1. The van der Waals surface area contributed by atoms with Crippen molar-refractivity contribution in [2.75, 3.05) is 0 Å². The number of urea groups is 1. The molecule has 0 bridgehead atoms. The van der Waals surface area contributed by atoms with Gasteiger partial charge < -0.3 is 5.32 Å². The first-order valence-corrected chi connectivity index (χ1v) is 9.51. The molecule has 0 spiro atoms. The lowest BCUT2D eigenvalue weighted by molar-refractivity contribution is -0.126. The largest absolute Gasteiger partial charge is 0.331 e. The molecule has 4 heteroatoms. The number of rotatable bonds is 5. The zero-order valence-electron chi connectivity index (χ0n) is 15.9. The number of carbonyl (C=O) groups is 2. The Bertz CT molecular complexity index is 815. The van der Waals surface area contributed by atoms with Gasteiger partial charge in [-0.05, 0) is 44.2 Å². The van der Waals surface area contributed by atoms with E-state index in [-0.39, 0.29) is 24.0 Å². The molecule has 1 aliphatic carbocycles. The summed E-state index contributed by atoms with van der Waals surface area (Å²) >= 11 is 0. The summed E-state index contributed by atoms with van der Waals surface area (Å²) in [5.74, 6) is -0.193. The molecular formula is C23H26N2O2. The van der Waals surface area contributed by atoms with E-state index in [1.807, 2.05) is 80.6 Å². The van der Waals surface area contributed by atoms with E-state index < -0.39 is 0 Å². The van der Waals surface area contributed by atoms with E-state index in [2.05, 4.69) is 5.32 Å². The highest BCUT2D eigenvalue weighted by Gasteiger charge is 2.31. The third-order valence-electron chi connectivity index (χ3n) is 5.06. The van der Waals surface area contributed by atoms with Crippen molar-refractivity contribution in [3.8, 4) is 0 Å². The van der Waals surface area contributed by atoms with E-state index in [9.17, 15) is 9.59 Å². The molecule has 0 saturated carbocycles. The average Bonchev–Trinajstić information content (AvgIpc) is 3.24. The number of nitrogens with one attached hydrogen (secondary N) is 1. The molecule has 27 heavy (non-hydrogen) atoms. The van der Waals surface area contributed by atoms with Crippen LogP contribution in [-0.4, -0.2) is 16.8 Å². The van der Waals surface area contributed by atoms with Crippen LogP contribution in [0.5, 0.6) is 0 Å². The molecule has 0 radical (unpaired) electrons. The fourth-order valence-corrected chi connectivity index (χ4v) is 3.42. The Kier molecular flexibility index (Phi) is 6.07. The minimum Gasteiger partial charge on any atom is -0.331 e. The zero-order valence-corrected chi connectivity index (χ0v) is 15.9. The van der Waals surface area contributed by atoms with Crippen molar-refractivity contribution >= 4 is 11.9 Å². The molecule has 3 amide bonds. The van der Waals surface area contributed by atoms with E-state index in [4.69, 9.17) is 0 Å². The van der Waals surface area contributed by atoms with Gasteiger partial charge in [0.05, 0.1) is 12.1 Å².